The first-order valence-corrected chi connectivity index (χ1v) is 12.5. The van der Waals surface area contributed by atoms with Crippen LogP contribution in [0.2, 0.25) is 0 Å². The molecule has 2 heterocycles. The Balaban J connectivity index is 1.76. The Morgan fingerprint density at radius 2 is 1.93 bits per heavy atom. The number of benzene rings is 1. The van der Waals surface area contributed by atoms with E-state index in [1.165, 1.54) is 12.1 Å². The van der Waals surface area contributed by atoms with Crippen molar-refractivity contribution in [2.45, 2.75) is 37.1 Å². The number of hydrogen-bond acceptors (Lipinski definition) is 6. The number of amides is 1. The van der Waals surface area contributed by atoms with Gasteiger partial charge in [-0.05, 0) is 49.3 Å². The number of likely N-dealkylation sites (tertiary alicyclic amines) is 1. The number of sulfonamides is 1. The zero-order valence-corrected chi connectivity index (χ0v) is 18.0. The summed E-state index contributed by atoms with van der Waals surface area (Å²) in [6.07, 6.45) is 4.31. The maximum Gasteiger partial charge on any atom is 0.241 e. The average Bonchev–Trinajstić information content (AvgIpc) is 2.70. The van der Waals surface area contributed by atoms with Gasteiger partial charge in [-0.1, -0.05) is 6.92 Å². The van der Waals surface area contributed by atoms with Gasteiger partial charge in [0.05, 0.1) is 4.90 Å². The molecule has 1 N–H and O–H groups in total. The summed E-state index contributed by atoms with van der Waals surface area (Å²) in [5, 5.41) is 0. The second-order valence-electron chi connectivity index (χ2n) is 7.27. The summed E-state index contributed by atoms with van der Waals surface area (Å²) >= 11 is 1.59. The van der Waals surface area contributed by atoms with Crippen LogP contribution in [0, 0.1) is 5.92 Å². The topological polar surface area (TPSA) is 84.9 Å². The fourth-order valence-corrected chi connectivity index (χ4v) is 5.07. The minimum atomic E-state index is -3.86. The van der Waals surface area contributed by atoms with Gasteiger partial charge in [0.25, 0.3) is 0 Å². The lowest BCUT2D eigenvalue weighted by molar-refractivity contribution is -0.134. The number of thioether (sulfide) groups is 1. The molecule has 0 spiro atoms. The average molecular weight is 429 g/mol. The second kappa shape index (κ2) is 9.37. The van der Waals surface area contributed by atoms with Gasteiger partial charge in [0.2, 0.25) is 15.9 Å². The molecule has 1 fully saturated rings. The molecule has 0 unspecified atom stereocenters. The molecule has 7 nitrogen and oxygen atoms in total. The largest absolute Gasteiger partial charge is 0.486 e. The molecule has 0 radical (unpaired) electrons. The molecule has 1 aromatic carbocycles. The van der Waals surface area contributed by atoms with Gasteiger partial charge in [0, 0.05) is 19.2 Å². The summed E-state index contributed by atoms with van der Waals surface area (Å²) in [6, 6.07) is 3.76. The lowest BCUT2D eigenvalue weighted by atomic mass is 9.98. The van der Waals surface area contributed by atoms with E-state index in [0.29, 0.717) is 55.9 Å². The van der Waals surface area contributed by atoms with E-state index >= 15 is 0 Å². The third kappa shape index (κ3) is 5.12. The summed E-state index contributed by atoms with van der Waals surface area (Å²) in [5.74, 6) is 2.10. The SMILES string of the molecule is CSCC[C@@H](NS(=O)(=O)c1ccc2c(c1)OCCO2)C(=O)N1CCC(C)CC1. The molecule has 1 amide bonds. The van der Waals surface area contributed by atoms with Crippen molar-refractivity contribution >= 4 is 27.7 Å². The Labute approximate surface area is 171 Å². The third-order valence-corrected chi connectivity index (χ3v) is 7.24. The molecule has 28 heavy (non-hydrogen) atoms. The van der Waals surface area contributed by atoms with Gasteiger partial charge in [-0.3, -0.25) is 4.79 Å². The zero-order chi connectivity index (χ0) is 20.1. The third-order valence-electron chi connectivity index (χ3n) is 5.13. The van der Waals surface area contributed by atoms with Crippen molar-refractivity contribution in [1.29, 1.82) is 0 Å². The van der Waals surface area contributed by atoms with E-state index in [-0.39, 0.29) is 10.8 Å². The summed E-state index contributed by atoms with van der Waals surface area (Å²) in [5.41, 5.74) is 0. The highest BCUT2D eigenvalue weighted by molar-refractivity contribution is 7.98. The number of nitrogens with one attached hydrogen (secondary N) is 1. The summed E-state index contributed by atoms with van der Waals surface area (Å²) in [6.45, 7) is 4.36. The van der Waals surface area contributed by atoms with Gasteiger partial charge in [0.15, 0.2) is 11.5 Å². The molecule has 1 aromatic rings. The summed E-state index contributed by atoms with van der Waals surface area (Å²) < 4.78 is 39.5. The van der Waals surface area contributed by atoms with Gasteiger partial charge in [-0.25, -0.2) is 8.42 Å². The quantitative estimate of drug-likeness (QED) is 0.716. The standard InChI is InChI=1S/C19H28N2O5S2/c1-14-5-8-21(9-6-14)19(22)16(7-12-27-2)20-28(23,24)15-3-4-17-18(13-15)26-11-10-25-17/h3-4,13-14,16,20H,5-12H2,1-2H3/t16-/m1/s1. The van der Waals surface area contributed by atoms with Crippen LogP contribution in [0.4, 0.5) is 0 Å². The highest BCUT2D eigenvalue weighted by Crippen LogP contribution is 2.32. The van der Waals surface area contributed by atoms with Crippen LogP contribution in [-0.2, 0) is 14.8 Å². The maximum absolute atomic E-state index is 13.0. The molecule has 156 valence electrons. The van der Waals surface area contributed by atoms with E-state index < -0.39 is 16.1 Å². The van der Waals surface area contributed by atoms with Crippen molar-refractivity contribution < 1.29 is 22.7 Å². The number of ether oxygens (including phenoxy) is 2. The molecular formula is C19H28N2O5S2. The van der Waals surface area contributed by atoms with E-state index in [0.717, 1.165) is 12.8 Å². The van der Waals surface area contributed by atoms with Crippen LogP contribution in [0.15, 0.2) is 23.1 Å². The molecule has 0 aromatic heterocycles. The fourth-order valence-electron chi connectivity index (χ4n) is 3.36. The van der Waals surface area contributed by atoms with Crippen molar-refractivity contribution in [3.8, 4) is 11.5 Å². The Morgan fingerprint density at radius 1 is 1.25 bits per heavy atom. The van der Waals surface area contributed by atoms with Gasteiger partial charge in [-0.2, -0.15) is 16.5 Å². The minimum Gasteiger partial charge on any atom is -0.486 e. The molecule has 2 aliphatic rings. The molecule has 0 bridgehead atoms. The van der Waals surface area contributed by atoms with Gasteiger partial charge >= 0.3 is 0 Å². The van der Waals surface area contributed by atoms with Crippen LogP contribution < -0.4 is 14.2 Å². The molecule has 9 heteroatoms. The van der Waals surface area contributed by atoms with Crippen LogP contribution in [0.3, 0.4) is 0 Å². The smallest absolute Gasteiger partial charge is 0.241 e. The molecule has 0 aliphatic carbocycles. The van der Waals surface area contributed by atoms with Crippen molar-refractivity contribution in [1.82, 2.24) is 9.62 Å². The van der Waals surface area contributed by atoms with Crippen LogP contribution in [-0.4, -0.2) is 63.6 Å². The van der Waals surface area contributed by atoms with E-state index in [2.05, 4.69) is 11.6 Å². The van der Waals surface area contributed by atoms with Crippen LogP contribution in [0.5, 0.6) is 11.5 Å². The Morgan fingerprint density at radius 3 is 2.61 bits per heavy atom. The van der Waals surface area contributed by atoms with Crippen LogP contribution in [0.25, 0.3) is 0 Å². The molecule has 2 aliphatic heterocycles. The van der Waals surface area contributed by atoms with Crippen molar-refractivity contribution in [2.24, 2.45) is 5.92 Å². The summed E-state index contributed by atoms with van der Waals surface area (Å²) in [4.78, 5) is 14.9. The first-order valence-electron chi connectivity index (χ1n) is 9.60. The molecule has 1 saturated heterocycles. The number of nitrogens with zero attached hydrogens (tertiary/aromatic N) is 1. The minimum absolute atomic E-state index is 0.0750. The Bertz CT molecular complexity index is 792. The predicted octanol–water partition coefficient (Wildman–Crippen LogP) is 2.12. The normalized spacial score (nSPS) is 18.7. The number of fused-ring (bicyclic) bond motifs is 1. The van der Waals surface area contributed by atoms with Crippen LogP contribution >= 0.6 is 11.8 Å². The molecule has 0 saturated carbocycles. The highest BCUT2D eigenvalue weighted by atomic mass is 32.2. The number of carbonyl (C=O) groups is 1. The van der Waals surface area contributed by atoms with Gasteiger partial charge < -0.3 is 14.4 Å². The van der Waals surface area contributed by atoms with Crippen molar-refractivity contribution in [3.63, 3.8) is 0 Å². The first kappa shape index (κ1) is 21.3. The number of rotatable bonds is 7. The zero-order valence-electron chi connectivity index (χ0n) is 16.3. The van der Waals surface area contributed by atoms with Gasteiger partial charge in [-0.15, -0.1) is 0 Å². The Hall–Kier alpha value is -1.45. The van der Waals surface area contributed by atoms with Gasteiger partial charge in [0.1, 0.15) is 19.3 Å². The predicted molar refractivity (Wildman–Crippen MR) is 110 cm³/mol. The Kier molecular flexibility index (Phi) is 7.11. The fraction of sp³-hybridized carbons (Fsp3) is 0.632. The van der Waals surface area contributed by atoms with E-state index in [1.54, 1.807) is 22.7 Å². The lowest BCUT2D eigenvalue weighted by Gasteiger charge is -2.33. The molecule has 3 rings (SSSR count). The van der Waals surface area contributed by atoms with Crippen LogP contribution in [0.1, 0.15) is 26.2 Å². The van der Waals surface area contributed by atoms with Crippen molar-refractivity contribution in [2.75, 3.05) is 38.3 Å². The maximum atomic E-state index is 13.0. The van der Waals surface area contributed by atoms with E-state index in [4.69, 9.17) is 9.47 Å². The number of carbonyl (C=O) groups excluding carboxylic acids is 1. The monoisotopic (exact) mass is 428 g/mol. The number of piperidine rings is 1. The molecular weight excluding hydrogens is 400 g/mol. The molecule has 1 atom stereocenters. The second-order valence-corrected chi connectivity index (χ2v) is 9.97. The lowest BCUT2D eigenvalue weighted by Crippen LogP contribution is -2.50. The van der Waals surface area contributed by atoms with E-state index in [1.807, 2.05) is 6.26 Å². The van der Waals surface area contributed by atoms with E-state index in [9.17, 15) is 13.2 Å². The van der Waals surface area contributed by atoms with Crippen molar-refractivity contribution in [3.05, 3.63) is 18.2 Å². The summed E-state index contributed by atoms with van der Waals surface area (Å²) in [7, 11) is -3.86. The number of hydrogen-bond donors (Lipinski definition) is 1. The highest BCUT2D eigenvalue weighted by Gasteiger charge is 2.31. The first-order chi connectivity index (χ1) is 13.4.